The van der Waals surface area contributed by atoms with Gasteiger partial charge in [0.15, 0.2) is 0 Å². The first-order chi connectivity index (χ1) is 9.79. The molecule has 0 saturated heterocycles. The lowest BCUT2D eigenvalue weighted by molar-refractivity contribution is 0.480. The van der Waals surface area contributed by atoms with Crippen LogP contribution < -0.4 is 5.32 Å². The van der Waals surface area contributed by atoms with Crippen molar-refractivity contribution in [2.75, 3.05) is 0 Å². The van der Waals surface area contributed by atoms with Gasteiger partial charge < -0.3 is 5.32 Å². The van der Waals surface area contributed by atoms with Gasteiger partial charge in [-0.1, -0.05) is 78.2 Å². The van der Waals surface area contributed by atoms with Crippen LogP contribution in [-0.4, -0.2) is 0 Å². The van der Waals surface area contributed by atoms with Crippen molar-refractivity contribution in [3.8, 4) is 0 Å². The second kappa shape index (κ2) is 8.23. The van der Waals surface area contributed by atoms with E-state index in [1.165, 1.54) is 30.4 Å². The van der Waals surface area contributed by atoms with Gasteiger partial charge in [-0.05, 0) is 29.7 Å². The van der Waals surface area contributed by atoms with E-state index in [-0.39, 0.29) is 0 Å². The molecule has 0 spiro atoms. The molecule has 1 N–H and O–H groups in total. The smallest absolute Gasteiger partial charge is 0.0323 e. The summed E-state index contributed by atoms with van der Waals surface area (Å²) in [5, 5.41) is 3.69. The lowest BCUT2D eigenvalue weighted by atomic mass is 10.0. The molecule has 2 aromatic rings. The predicted molar refractivity (Wildman–Crippen MR) is 89.7 cm³/mol. The van der Waals surface area contributed by atoms with Crippen LogP contribution in [0.5, 0.6) is 0 Å². The average molecular weight is 332 g/mol. The van der Waals surface area contributed by atoms with Crippen molar-refractivity contribution in [1.82, 2.24) is 5.32 Å². The number of benzene rings is 2. The van der Waals surface area contributed by atoms with Crippen molar-refractivity contribution < 1.29 is 0 Å². The van der Waals surface area contributed by atoms with E-state index in [0.717, 1.165) is 11.0 Å². The molecule has 0 amide bonds. The predicted octanol–water partition coefficient (Wildman–Crippen LogP) is 5.47. The number of unbranched alkanes of at least 4 members (excludes halogenated alkanes) is 1. The number of halogens is 1. The molecular formula is C18H22BrN. The topological polar surface area (TPSA) is 12.0 Å². The third-order valence-electron chi connectivity index (χ3n) is 3.49. The standard InChI is InChI=1S/C18H22BrN/c1-2-3-12-18(16-9-5-4-6-10-16)20-14-15-8-7-11-17(19)13-15/h4-11,13,18,20H,2-3,12,14H2,1H3. The summed E-state index contributed by atoms with van der Waals surface area (Å²) in [6.45, 7) is 3.15. The fourth-order valence-corrected chi connectivity index (χ4v) is 2.81. The Balaban J connectivity index is 2.01. The number of nitrogens with one attached hydrogen (secondary N) is 1. The van der Waals surface area contributed by atoms with Gasteiger partial charge in [0.05, 0.1) is 0 Å². The lowest BCUT2D eigenvalue weighted by Crippen LogP contribution is -2.20. The zero-order chi connectivity index (χ0) is 14.2. The van der Waals surface area contributed by atoms with Crippen LogP contribution in [-0.2, 0) is 6.54 Å². The molecule has 0 fully saturated rings. The molecule has 0 heterocycles. The molecule has 1 nitrogen and oxygen atoms in total. The Kier molecular flexibility index (Phi) is 6.28. The van der Waals surface area contributed by atoms with Crippen LogP contribution in [0.3, 0.4) is 0 Å². The number of rotatable bonds is 7. The van der Waals surface area contributed by atoms with Crippen LogP contribution in [0, 0.1) is 0 Å². The summed E-state index contributed by atoms with van der Waals surface area (Å²) < 4.78 is 1.14. The molecule has 106 valence electrons. The van der Waals surface area contributed by atoms with E-state index in [4.69, 9.17) is 0 Å². The molecule has 2 rings (SSSR count). The lowest BCUT2D eigenvalue weighted by Gasteiger charge is -2.19. The average Bonchev–Trinajstić information content (AvgIpc) is 2.48. The Hall–Kier alpha value is -1.12. The van der Waals surface area contributed by atoms with Crippen molar-refractivity contribution in [3.05, 3.63) is 70.2 Å². The molecule has 0 bridgehead atoms. The summed E-state index contributed by atoms with van der Waals surface area (Å²) in [7, 11) is 0. The van der Waals surface area contributed by atoms with Crippen LogP contribution in [0.1, 0.15) is 43.4 Å². The van der Waals surface area contributed by atoms with Gasteiger partial charge in [-0.2, -0.15) is 0 Å². The highest BCUT2D eigenvalue weighted by molar-refractivity contribution is 9.10. The Morgan fingerprint density at radius 3 is 2.55 bits per heavy atom. The van der Waals surface area contributed by atoms with Crippen LogP contribution in [0.4, 0.5) is 0 Å². The zero-order valence-electron chi connectivity index (χ0n) is 12.0. The van der Waals surface area contributed by atoms with E-state index in [1.54, 1.807) is 0 Å². The molecule has 1 atom stereocenters. The van der Waals surface area contributed by atoms with Crippen molar-refractivity contribution in [3.63, 3.8) is 0 Å². The highest BCUT2D eigenvalue weighted by atomic mass is 79.9. The normalized spacial score (nSPS) is 12.3. The largest absolute Gasteiger partial charge is 0.306 e. The van der Waals surface area contributed by atoms with E-state index in [2.05, 4.69) is 82.8 Å². The number of hydrogen-bond donors (Lipinski definition) is 1. The van der Waals surface area contributed by atoms with E-state index < -0.39 is 0 Å². The van der Waals surface area contributed by atoms with Gasteiger partial charge in [-0.25, -0.2) is 0 Å². The maximum Gasteiger partial charge on any atom is 0.0323 e. The molecule has 20 heavy (non-hydrogen) atoms. The quantitative estimate of drug-likeness (QED) is 0.709. The first-order valence-corrected chi connectivity index (χ1v) is 8.11. The molecule has 0 aliphatic carbocycles. The summed E-state index contributed by atoms with van der Waals surface area (Å²) in [5.74, 6) is 0. The fourth-order valence-electron chi connectivity index (χ4n) is 2.37. The van der Waals surface area contributed by atoms with E-state index in [1.807, 2.05) is 0 Å². The van der Waals surface area contributed by atoms with E-state index in [9.17, 15) is 0 Å². The first-order valence-electron chi connectivity index (χ1n) is 7.32. The van der Waals surface area contributed by atoms with Gasteiger partial charge in [0.1, 0.15) is 0 Å². The van der Waals surface area contributed by atoms with E-state index in [0.29, 0.717) is 6.04 Å². The fraction of sp³-hybridized carbons (Fsp3) is 0.333. The highest BCUT2D eigenvalue weighted by Crippen LogP contribution is 2.20. The minimum Gasteiger partial charge on any atom is -0.306 e. The van der Waals surface area contributed by atoms with E-state index >= 15 is 0 Å². The van der Waals surface area contributed by atoms with Crippen molar-refractivity contribution in [2.24, 2.45) is 0 Å². The molecule has 0 aliphatic heterocycles. The van der Waals surface area contributed by atoms with Gasteiger partial charge >= 0.3 is 0 Å². The Morgan fingerprint density at radius 2 is 1.85 bits per heavy atom. The monoisotopic (exact) mass is 331 g/mol. The third kappa shape index (κ3) is 4.77. The van der Waals surface area contributed by atoms with Crippen molar-refractivity contribution >= 4 is 15.9 Å². The van der Waals surface area contributed by atoms with Crippen LogP contribution in [0.15, 0.2) is 59.1 Å². The minimum atomic E-state index is 0.440. The SMILES string of the molecule is CCCCC(NCc1cccc(Br)c1)c1ccccc1. The summed E-state index contributed by atoms with van der Waals surface area (Å²) in [6, 6.07) is 19.7. The second-order valence-electron chi connectivity index (χ2n) is 5.12. The van der Waals surface area contributed by atoms with Gasteiger partial charge in [0, 0.05) is 17.1 Å². The van der Waals surface area contributed by atoms with Crippen LogP contribution >= 0.6 is 15.9 Å². The van der Waals surface area contributed by atoms with Gasteiger partial charge in [-0.15, -0.1) is 0 Å². The molecule has 0 saturated carbocycles. The van der Waals surface area contributed by atoms with Gasteiger partial charge in [-0.3, -0.25) is 0 Å². The molecule has 0 radical (unpaired) electrons. The second-order valence-corrected chi connectivity index (χ2v) is 6.03. The molecule has 0 aromatic heterocycles. The molecule has 0 aliphatic rings. The third-order valence-corrected chi connectivity index (χ3v) is 3.98. The van der Waals surface area contributed by atoms with Crippen molar-refractivity contribution in [2.45, 2.75) is 38.8 Å². The Morgan fingerprint density at radius 1 is 1.05 bits per heavy atom. The Bertz CT molecular complexity index is 510. The summed E-state index contributed by atoms with van der Waals surface area (Å²) in [4.78, 5) is 0. The van der Waals surface area contributed by atoms with Crippen LogP contribution in [0.25, 0.3) is 0 Å². The highest BCUT2D eigenvalue weighted by Gasteiger charge is 2.09. The first kappa shape index (κ1) is 15.3. The van der Waals surface area contributed by atoms with Gasteiger partial charge in [0.2, 0.25) is 0 Å². The summed E-state index contributed by atoms with van der Waals surface area (Å²) in [5.41, 5.74) is 2.70. The van der Waals surface area contributed by atoms with Crippen LogP contribution in [0.2, 0.25) is 0 Å². The van der Waals surface area contributed by atoms with Gasteiger partial charge in [0.25, 0.3) is 0 Å². The molecule has 1 unspecified atom stereocenters. The Labute approximate surface area is 130 Å². The maximum atomic E-state index is 3.69. The van der Waals surface area contributed by atoms with Crippen molar-refractivity contribution in [1.29, 1.82) is 0 Å². The maximum absolute atomic E-state index is 3.69. The molecular weight excluding hydrogens is 310 g/mol. The number of hydrogen-bond acceptors (Lipinski definition) is 1. The summed E-state index contributed by atoms with van der Waals surface area (Å²) >= 11 is 3.53. The minimum absolute atomic E-state index is 0.440. The zero-order valence-corrected chi connectivity index (χ0v) is 13.6. The molecule has 2 heteroatoms. The summed E-state index contributed by atoms with van der Waals surface area (Å²) in [6.07, 6.45) is 3.68. The molecule has 2 aromatic carbocycles.